The van der Waals surface area contributed by atoms with Crippen molar-refractivity contribution in [1.82, 2.24) is 9.88 Å². The molecule has 0 fully saturated rings. The summed E-state index contributed by atoms with van der Waals surface area (Å²) in [5.41, 5.74) is 0. The Morgan fingerprint density at radius 1 is 1.33 bits per heavy atom. The molecule has 0 saturated carbocycles. The third-order valence-electron chi connectivity index (χ3n) is 1.97. The fourth-order valence-electron chi connectivity index (χ4n) is 1.21. The lowest BCUT2D eigenvalue weighted by molar-refractivity contribution is 0.408. The molecule has 0 radical (unpaired) electrons. The number of sulfone groups is 1. The summed E-state index contributed by atoms with van der Waals surface area (Å²) in [6, 6.07) is 4.93. The predicted octanol–water partition coefficient (Wildman–Crippen LogP) is 0.807. The number of aromatic nitrogens is 1. The molecule has 15 heavy (non-hydrogen) atoms. The van der Waals surface area contributed by atoms with Gasteiger partial charge in [0.25, 0.3) is 0 Å². The second-order valence-electron chi connectivity index (χ2n) is 3.64. The zero-order valence-corrected chi connectivity index (χ0v) is 9.87. The summed E-state index contributed by atoms with van der Waals surface area (Å²) in [4.78, 5) is 5.81. The molecular weight excluding hydrogens is 212 g/mol. The Bertz CT molecular complexity index is 387. The zero-order chi connectivity index (χ0) is 11.3. The van der Waals surface area contributed by atoms with E-state index in [2.05, 4.69) is 4.98 Å². The molecular formula is C10H16N2O2S. The first-order chi connectivity index (χ1) is 7.02. The fourth-order valence-corrected chi connectivity index (χ4v) is 2.43. The van der Waals surface area contributed by atoms with Gasteiger partial charge in [0, 0.05) is 6.20 Å². The Hall–Kier alpha value is -0.940. The van der Waals surface area contributed by atoms with Crippen molar-refractivity contribution >= 4 is 9.84 Å². The first-order valence-corrected chi connectivity index (χ1v) is 6.46. The number of nitrogens with zero attached hydrogens (tertiary/aromatic N) is 2. The van der Waals surface area contributed by atoms with Gasteiger partial charge < -0.3 is 4.90 Å². The molecule has 0 bridgehead atoms. The van der Waals surface area contributed by atoms with Crippen molar-refractivity contribution in [2.45, 2.75) is 11.4 Å². The molecule has 1 heterocycles. The third-order valence-corrected chi connectivity index (χ3v) is 3.68. The summed E-state index contributed by atoms with van der Waals surface area (Å²) in [6.45, 7) is 0.770. The quantitative estimate of drug-likeness (QED) is 0.748. The Kier molecular flexibility index (Phi) is 4.23. The largest absolute Gasteiger partial charge is 0.309 e. The molecule has 1 aromatic rings. The first-order valence-electron chi connectivity index (χ1n) is 4.81. The van der Waals surface area contributed by atoms with Crippen LogP contribution in [0, 0.1) is 0 Å². The highest BCUT2D eigenvalue weighted by Crippen LogP contribution is 2.07. The van der Waals surface area contributed by atoms with E-state index in [4.69, 9.17) is 0 Å². The Balaban J connectivity index is 2.61. The van der Waals surface area contributed by atoms with Gasteiger partial charge in [-0.1, -0.05) is 6.07 Å². The molecule has 0 spiro atoms. The molecule has 0 aliphatic carbocycles. The highest BCUT2D eigenvalue weighted by atomic mass is 32.2. The van der Waals surface area contributed by atoms with Crippen LogP contribution in [0.2, 0.25) is 0 Å². The third kappa shape index (κ3) is 3.97. The van der Waals surface area contributed by atoms with Crippen molar-refractivity contribution < 1.29 is 8.42 Å². The van der Waals surface area contributed by atoms with Crippen molar-refractivity contribution in [2.24, 2.45) is 0 Å². The van der Waals surface area contributed by atoms with Gasteiger partial charge in [0.2, 0.25) is 0 Å². The van der Waals surface area contributed by atoms with E-state index in [0.717, 1.165) is 6.54 Å². The Morgan fingerprint density at radius 2 is 2.07 bits per heavy atom. The number of pyridine rings is 1. The SMILES string of the molecule is CN(C)CCCS(=O)(=O)c1ccccn1. The summed E-state index contributed by atoms with van der Waals surface area (Å²) >= 11 is 0. The number of hydrogen-bond donors (Lipinski definition) is 0. The number of hydrogen-bond acceptors (Lipinski definition) is 4. The highest BCUT2D eigenvalue weighted by Gasteiger charge is 2.14. The lowest BCUT2D eigenvalue weighted by Crippen LogP contribution is -2.17. The van der Waals surface area contributed by atoms with E-state index in [1.54, 1.807) is 12.1 Å². The van der Waals surface area contributed by atoms with Crippen molar-refractivity contribution in [3.05, 3.63) is 24.4 Å². The molecule has 0 aliphatic heterocycles. The standard InChI is InChI=1S/C10H16N2O2S/c1-12(2)8-5-9-15(13,14)10-6-3-4-7-11-10/h3-4,6-7H,5,8-9H2,1-2H3. The van der Waals surface area contributed by atoms with Gasteiger partial charge >= 0.3 is 0 Å². The van der Waals surface area contributed by atoms with Crippen LogP contribution in [-0.2, 0) is 9.84 Å². The highest BCUT2D eigenvalue weighted by molar-refractivity contribution is 7.91. The second kappa shape index (κ2) is 5.23. The second-order valence-corrected chi connectivity index (χ2v) is 5.70. The number of rotatable bonds is 5. The van der Waals surface area contributed by atoms with Crippen LogP contribution < -0.4 is 0 Å². The Labute approximate surface area is 90.9 Å². The molecule has 0 amide bonds. The maximum atomic E-state index is 11.7. The van der Waals surface area contributed by atoms with Crippen LogP contribution >= 0.6 is 0 Å². The lowest BCUT2D eigenvalue weighted by Gasteiger charge is -2.08. The van der Waals surface area contributed by atoms with Crippen LogP contribution in [0.5, 0.6) is 0 Å². The minimum Gasteiger partial charge on any atom is -0.309 e. The van der Waals surface area contributed by atoms with Gasteiger partial charge in [-0.3, -0.25) is 0 Å². The maximum Gasteiger partial charge on any atom is 0.195 e. The molecule has 5 heteroatoms. The maximum absolute atomic E-state index is 11.7. The molecule has 0 aliphatic rings. The predicted molar refractivity (Wildman–Crippen MR) is 59.5 cm³/mol. The van der Waals surface area contributed by atoms with Crippen LogP contribution in [-0.4, -0.2) is 44.7 Å². The van der Waals surface area contributed by atoms with E-state index in [1.165, 1.54) is 12.3 Å². The van der Waals surface area contributed by atoms with E-state index in [-0.39, 0.29) is 10.8 Å². The van der Waals surface area contributed by atoms with Gasteiger partial charge in [0.1, 0.15) is 0 Å². The molecule has 0 saturated heterocycles. The molecule has 1 aromatic heterocycles. The van der Waals surface area contributed by atoms with E-state index in [9.17, 15) is 8.42 Å². The molecule has 0 atom stereocenters. The van der Waals surface area contributed by atoms with Crippen LogP contribution in [0.4, 0.5) is 0 Å². The smallest absolute Gasteiger partial charge is 0.195 e. The van der Waals surface area contributed by atoms with Crippen LogP contribution in [0.3, 0.4) is 0 Å². The van der Waals surface area contributed by atoms with Gasteiger partial charge in [0.15, 0.2) is 14.9 Å². The van der Waals surface area contributed by atoms with Gasteiger partial charge in [-0.15, -0.1) is 0 Å². The van der Waals surface area contributed by atoms with Gasteiger partial charge in [-0.25, -0.2) is 13.4 Å². The van der Waals surface area contributed by atoms with E-state index in [1.807, 2.05) is 19.0 Å². The summed E-state index contributed by atoms with van der Waals surface area (Å²) in [5, 5.41) is 0.170. The topological polar surface area (TPSA) is 50.3 Å². The van der Waals surface area contributed by atoms with Crippen molar-refractivity contribution in [2.75, 3.05) is 26.4 Å². The zero-order valence-electron chi connectivity index (χ0n) is 9.05. The van der Waals surface area contributed by atoms with Gasteiger partial charge in [0.05, 0.1) is 5.75 Å². The van der Waals surface area contributed by atoms with Crippen molar-refractivity contribution in [3.8, 4) is 0 Å². The summed E-state index contributed by atoms with van der Waals surface area (Å²) in [5.74, 6) is 0.155. The minimum atomic E-state index is -3.19. The van der Waals surface area contributed by atoms with Gasteiger partial charge in [-0.05, 0) is 39.2 Å². The average molecular weight is 228 g/mol. The van der Waals surface area contributed by atoms with Crippen molar-refractivity contribution in [1.29, 1.82) is 0 Å². The summed E-state index contributed by atoms with van der Waals surface area (Å²) in [7, 11) is 0.654. The average Bonchev–Trinajstić information content (AvgIpc) is 2.18. The van der Waals surface area contributed by atoms with Gasteiger partial charge in [-0.2, -0.15) is 0 Å². The molecule has 0 N–H and O–H groups in total. The Morgan fingerprint density at radius 3 is 2.60 bits per heavy atom. The minimum absolute atomic E-state index is 0.155. The normalized spacial score (nSPS) is 11.9. The summed E-state index contributed by atoms with van der Waals surface area (Å²) < 4.78 is 23.5. The molecule has 1 rings (SSSR count). The van der Waals surface area contributed by atoms with Crippen LogP contribution in [0.25, 0.3) is 0 Å². The fraction of sp³-hybridized carbons (Fsp3) is 0.500. The van der Waals surface area contributed by atoms with E-state index in [0.29, 0.717) is 6.42 Å². The van der Waals surface area contributed by atoms with Crippen LogP contribution in [0.15, 0.2) is 29.4 Å². The molecule has 84 valence electrons. The first kappa shape index (κ1) is 12.1. The van der Waals surface area contributed by atoms with Crippen LogP contribution in [0.1, 0.15) is 6.42 Å². The summed E-state index contributed by atoms with van der Waals surface area (Å²) in [6.07, 6.45) is 2.13. The van der Waals surface area contributed by atoms with Crippen molar-refractivity contribution in [3.63, 3.8) is 0 Å². The lowest BCUT2D eigenvalue weighted by atomic mass is 10.5. The monoisotopic (exact) mass is 228 g/mol. The molecule has 0 aromatic carbocycles. The molecule has 4 nitrogen and oxygen atoms in total. The molecule has 0 unspecified atom stereocenters. The van der Waals surface area contributed by atoms with E-state index >= 15 is 0 Å². The van der Waals surface area contributed by atoms with E-state index < -0.39 is 9.84 Å².